The Morgan fingerprint density at radius 3 is 0.805 bits per heavy atom. The van der Waals surface area contributed by atoms with Gasteiger partial charge in [-0.25, -0.2) is 39.9 Å². The van der Waals surface area contributed by atoms with Gasteiger partial charge in [-0.2, -0.15) is 0 Å². The van der Waals surface area contributed by atoms with Gasteiger partial charge in [0.25, 0.3) is 0 Å². The van der Waals surface area contributed by atoms with E-state index in [-0.39, 0.29) is 0 Å². The van der Waals surface area contributed by atoms with E-state index in [1.807, 2.05) is 104 Å². The van der Waals surface area contributed by atoms with Gasteiger partial charge in [0.15, 0.2) is 34.9 Å². The summed E-state index contributed by atoms with van der Waals surface area (Å²) in [6.45, 7) is 0. The van der Waals surface area contributed by atoms with Gasteiger partial charge in [-0.15, -0.1) is 22.7 Å². The van der Waals surface area contributed by atoms with Crippen LogP contribution in [0.5, 0.6) is 0 Å². The van der Waals surface area contributed by atoms with Gasteiger partial charge in [-0.3, -0.25) is 9.97 Å². The number of thiophene rings is 2. The molecule has 0 spiro atoms. The smallest absolute Gasteiger partial charge is 0.164 e. The third-order valence-electron chi connectivity index (χ3n) is 21.7. The van der Waals surface area contributed by atoms with Crippen molar-refractivity contribution in [3.05, 3.63) is 401 Å². The van der Waals surface area contributed by atoms with Gasteiger partial charge in [0.05, 0.1) is 38.0 Å². The van der Waals surface area contributed by atoms with Crippen molar-refractivity contribution in [2.75, 3.05) is 0 Å². The number of pyridine rings is 4. The van der Waals surface area contributed by atoms with Crippen molar-refractivity contribution in [3.8, 4) is 158 Å². The zero-order valence-electron chi connectivity index (χ0n) is 63.4. The minimum Gasteiger partial charge on any atom is -0.264 e. The minimum absolute atomic E-state index is 0.631. The lowest BCUT2D eigenvalue weighted by molar-refractivity contribution is 1.07. The Morgan fingerprint density at radius 2 is 0.432 bits per heavy atom. The Bertz CT molecular complexity index is 7030. The normalized spacial score (nSPS) is 11.4. The maximum Gasteiger partial charge on any atom is 0.164 e. The molecule has 0 aliphatic carbocycles. The van der Waals surface area contributed by atoms with E-state index in [0.717, 1.165) is 133 Å². The highest BCUT2D eigenvalue weighted by Gasteiger charge is 2.21. The Kier molecular flexibility index (Phi) is 18.4. The molecule has 12 heteroatoms. The van der Waals surface area contributed by atoms with Crippen LogP contribution in [-0.4, -0.2) is 49.8 Å². The standard InChI is InChI=1S/2C53H33N5S/c1-3-10-34(11-4-1)35-20-26-40(27-21-35)52-56-51(39-12-5-2-6-13-39)57-53(58-52)41-28-22-37(23-29-41)43-15-9-14-42(32-43)36-18-24-38(25-19-36)49-50-48(44-30-31-54-33-46(44)55-49)45-16-7-8-17-47(45)59-50;1-3-10-34(11-4-1)35-20-26-40(27-21-35)52-56-51(39-12-5-2-6-13-39)57-53(58-52)41-28-22-37(23-29-41)43-15-9-14-42(32-43)36-18-24-38(25-19-36)49-50-48(44-16-7-8-17-47(44)59-50)45-33-54-31-30-46(45)55-49/h2*1-33H. The third-order valence-corrected chi connectivity index (χ3v) is 24.1. The average molecular weight is 1540 g/mol. The van der Waals surface area contributed by atoms with Gasteiger partial charge in [-0.05, 0) is 103 Å². The van der Waals surface area contributed by atoms with Crippen LogP contribution in [0.2, 0.25) is 0 Å². The van der Waals surface area contributed by atoms with Crippen molar-refractivity contribution in [2.24, 2.45) is 0 Å². The molecule has 552 valence electrons. The Labute approximate surface area is 688 Å². The molecule has 14 aromatic carbocycles. The number of rotatable bonds is 14. The lowest BCUT2D eigenvalue weighted by Gasteiger charge is -2.11. The van der Waals surface area contributed by atoms with Crippen LogP contribution in [0.3, 0.4) is 0 Å². The molecule has 22 aromatic rings. The minimum atomic E-state index is 0.631. The fourth-order valence-electron chi connectivity index (χ4n) is 15.7. The Morgan fingerprint density at radius 1 is 0.169 bits per heavy atom. The van der Waals surface area contributed by atoms with Crippen molar-refractivity contribution >= 4 is 84.8 Å². The summed E-state index contributed by atoms with van der Waals surface area (Å²) in [4.78, 5) is 48.9. The van der Waals surface area contributed by atoms with Crippen molar-refractivity contribution < 1.29 is 0 Å². The van der Waals surface area contributed by atoms with E-state index in [1.165, 1.54) is 51.5 Å². The summed E-state index contributed by atoms with van der Waals surface area (Å²) in [6.07, 6.45) is 7.48. The SMILES string of the molecule is c1ccc(-c2ccc(-c3nc(-c4ccccc4)nc(-c4ccc(-c5cccc(-c6ccc(-c7nc8ccncc8c8c7sc7ccccc78)cc6)c5)cc4)n3)cc2)cc1.c1ccc(-c2ccc(-c3nc(-c4ccccc4)nc(-c4ccc(-c5cccc(-c6ccc(-c7nc8cnccc8c8c7sc7ccccc78)cc6)c5)cc4)n3)cc2)cc1. The predicted octanol–water partition coefficient (Wildman–Crippen LogP) is 27.7. The van der Waals surface area contributed by atoms with Gasteiger partial charge >= 0.3 is 0 Å². The topological polar surface area (TPSA) is 129 Å². The summed E-state index contributed by atoms with van der Waals surface area (Å²) in [5.74, 6) is 3.82. The molecule has 0 saturated heterocycles. The second-order valence-corrected chi connectivity index (χ2v) is 31.1. The van der Waals surface area contributed by atoms with Gasteiger partial charge < -0.3 is 0 Å². The van der Waals surface area contributed by atoms with E-state index in [0.29, 0.717) is 34.9 Å². The molecule has 0 atom stereocenters. The third kappa shape index (κ3) is 13.9. The quantitative estimate of drug-likeness (QED) is 0.104. The van der Waals surface area contributed by atoms with Crippen molar-refractivity contribution in [1.82, 2.24) is 49.8 Å². The largest absolute Gasteiger partial charge is 0.264 e. The molecule has 0 unspecified atom stereocenters. The fraction of sp³-hybridized carbons (Fsp3) is 0. The highest BCUT2D eigenvalue weighted by Crippen LogP contribution is 2.46. The fourth-order valence-corrected chi connectivity index (χ4v) is 18.1. The molecule has 8 heterocycles. The molecule has 10 nitrogen and oxygen atoms in total. The molecule has 0 saturated carbocycles. The molecule has 22 rings (SSSR count). The van der Waals surface area contributed by atoms with E-state index in [1.54, 1.807) is 22.7 Å². The summed E-state index contributed by atoms with van der Waals surface area (Å²) in [7, 11) is 0. The zero-order chi connectivity index (χ0) is 78.2. The molecule has 0 N–H and O–H groups in total. The van der Waals surface area contributed by atoms with Gasteiger partial charge in [0.2, 0.25) is 0 Å². The van der Waals surface area contributed by atoms with Gasteiger partial charge in [0, 0.05) is 105 Å². The van der Waals surface area contributed by atoms with Crippen LogP contribution in [0.4, 0.5) is 0 Å². The Hall–Kier alpha value is -15.3. The van der Waals surface area contributed by atoms with E-state index < -0.39 is 0 Å². The predicted molar refractivity (Wildman–Crippen MR) is 488 cm³/mol. The highest BCUT2D eigenvalue weighted by molar-refractivity contribution is 7.27. The number of fused-ring (bicyclic) bond motifs is 10. The first-order chi connectivity index (χ1) is 58.4. The first-order valence-corrected chi connectivity index (χ1v) is 40.7. The maximum absolute atomic E-state index is 5.17. The highest BCUT2D eigenvalue weighted by atomic mass is 32.1. The number of benzene rings is 14. The monoisotopic (exact) mass is 1540 g/mol. The molecule has 0 amide bonds. The lowest BCUT2D eigenvalue weighted by atomic mass is 9.97. The van der Waals surface area contributed by atoms with Crippen LogP contribution in [-0.2, 0) is 0 Å². The summed E-state index contributed by atoms with van der Waals surface area (Å²) in [6, 6.07) is 131. The maximum atomic E-state index is 5.17. The molecule has 0 radical (unpaired) electrons. The van der Waals surface area contributed by atoms with Crippen LogP contribution < -0.4 is 0 Å². The van der Waals surface area contributed by atoms with Crippen molar-refractivity contribution in [2.45, 2.75) is 0 Å². The number of aromatic nitrogens is 10. The van der Waals surface area contributed by atoms with E-state index in [9.17, 15) is 0 Å². The molecular weight excluding hydrogens is 1480 g/mol. The summed E-state index contributed by atoms with van der Waals surface area (Å²) < 4.78 is 4.90. The van der Waals surface area contributed by atoms with Crippen LogP contribution in [0, 0.1) is 0 Å². The van der Waals surface area contributed by atoms with Gasteiger partial charge in [0.1, 0.15) is 0 Å². The second-order valence-electron chi connectivity index (χ2n) is 29.0. The molecular formula is C106H66N10S2. The van der Waals surface area contributed by atoms with E-state index in [2.05, 4.69) is 307 Å². The van der Waals surface area contributed by atoms with Gasteiger partial charge in [-0.1, -0.05) is 340 Å². The molecule has 8 aromatic heterocycles. The molecule has 0 aliphatic heterocycles. The van der Waals surface area contributed by atoms with Crippen LogP contribution >= 0.6 is 22.7 Å². The second kappa shape index (κ2) is 30.9. The summed E-state index contributed by atoms with van der Waals surface area (Å²) in [5.41, 5.74) is 25.4. The van der Waals surface area contributed by atoms with Crippen LogP contribution in [0.15, 0.2) is 401 Å². The van der Waals surface area contributed by atoms with Crippen LogP contribution in [0.1, 0.15) is 0 Å². The van der Waals surface area contributed by atoms with Crippen molar-refractivity contribution in [1.29, 1.82) is 0 Å². The summed E-state index contributed by atoms with van der Waals surface area (Å²) in [5, 5.41) is 7.20. The lowest BCUT2D eigenvalue weighted by Crippen LogP contribution is -2.00. The first-order valence-electron chi connectivity index (χ1n) is 39.1. The number of hydrogen-bond acceptors (Lipinski definition) is 12. The molecule has 0 bridgehead atoms. The van der Waals surface area contributed by atoms with E-state index in [4.69, 9.17) is 39.9 Å². The molecule has 118 heavy (non-hydrogen) atoms. The average Bonchev–Trinajstić information content (AvgIpc) is 1.58. The number of hydrogen-bond donors (Lipinski definition) is 0. The first kappa shape index (κ1) is 70.5. The zero-order valence-corrected chi connectivity index (χ0v) is 65.0. The summed E-state index contributed by atoms with van der Waals surface area (Å²) >= 11 is 3.60. The van der Waals surface area contributed by atoms with Crippen LogP contribution in [0.25, 0.3) is 220 Å². The number of nitrogens with zero attached hydrogens (tertiary/aromatic N) is 10. The van der Waals surface area contributed by atoms with E-state index >= 15 is 0 Å². The molecule has 0 aliphatic rings. The molecule has 0 fully saturated rings. The Balaban J connectivity index is 0.000000147. The van der Waals surface area contributed by atoms with Crippen molar-refractivity contribution in [3.63, 3.8) is 0 Å².